The molecule has 0 atom stereocenters. The zero-order valence-corrected chi connectivity index (χ0v) is 15.7. The Kier molecular flexibility index (Phi) is 6.06. The summed E-state index contributed by atoms with van der Waals surface area (Å²) in [5.41, 5.74) is 0.910. The van der Waals surface area contributed by atoms with Gasteiger partial charge in [0.25, 0.3) is 5.76 Å². The predicted octanol–water partition coefficient (Wildman–Crippen LogP) is 6.02. The highest BCUT2D eigenvalue weighted by Gasteiger charge is 2.16. The van der Waals surface area contributed by atoms with Crippen LogP contribution in [0.25, 0.3) is 9.88 Å². The number of anilines is 1. The van der Waals surface area contributed by atoms with Gasteiger partial charge in [-0.15, -0.1) is 22.7 Å². The molecule has 130 valence electrons. The van der Waals surface area contributed by atoms with E-state index in [2.05, 4.69) is 10.3 Å². The lowest BCUT2D eigenvalue weighted by Crippen LogP contribution is -2.15. The Morgan fingerprint density at radius 3 is 2.84 bits per heavy atom. The first-order valence-electron chi connectivity index (χ1n) is 7.04. The normalized spacial score (nSPS) is 11.0. The maximum atomic E-state index is 12.7. The summed E-state index contributed by atoms with van der Waals surface area (Å²) in [6.07, 6.45) is 0.0627. The van der Waals surface area contributed by atoms with Crippen LogP contribution in [0.3, 0.4) is 0 Å². The standard InChI is InChI=1S/C16H11ClF2N2OS3/c17-10-3-1-4-11(14(10)25-16(18)19)21-13(22)7-9-8-24-15(20-9)12-5-2-6-23-12/h1-6,8,16H,7H2,(H,21,22). The van der Waals surface area contributed by atoms with Gasteiger partial charge in [0, 0.05) is 5.38 Å². The molecule has 0 saturated heterocycles. The molecule has 9 heteroatoms. The van der Waals surface area contributed by atoms with E-state index in [1.54, 1.807) is 23.5 Å². The average molecular weight is 417 g/mol. The number of aromatic nitrogens is 1. The maximum absolute atomic E-state index is 12.7. The number of benzene rings is 1. The van der Waals surface area contributed by atoms with E-state index in [1.165, 1.54) is 17.4 Å². The zero-order chi connectivity index (χ0) is 17.8. The van der Waals surface area contributed by atoms with Crippen molar-refractivity contribution in [2.75, 3.05) is 5.32 Å². The molecular formula is C16H11ClF2N2OS3. The third-order valence-corrected chi connectivity index (χ3v) is 6.28. The molecule has 0 radical (unpaired) electrons. The molecule has 3 aromatic rings. The Bertz CT molecular complexity index is 868. The van der Waals surface area contributed by atoms with Crippen molar-refractivity contribution in [1.29, 1.82) is 0 Å². The maximum Gasteiger partial charge on any atom is 0.289 e. The first kappa shape index (κ1) is 18.3. The van der Waals surface area contributed by atoms with E-state index >= 15 is 0 Å². The second-order valence-electron chi connectivity index (χ2n) is 4.84. The summed E-state index contributed by atoms with van der Waals surface area (Å²) in [5, 5.41) is 7.46. The van der Waals surface area contributed by atoms with Crippen LogP contribution in [0.1, 0.15) is 5.69 Å². The monoisotopic (exact) mass is 416 g/mol. The second kappa shape index (κ2) is 8.27. The summed E-state index contributed by atoms with van der Waals surface area (Å²) in [4.78, 5) is 17.9. The predicted molar refractivity (Wildman–Crippen MR) is 101 cm³/mol. The Morgan fingerprint density at radius 1 is 1.28 bits per heavy atom. The van der Waals surface area contributed by atoms with Gasteiger partial charge in [-0.1, -0.05) is 35.5 Å². The van der Waals surface area contributed by atoms with Crippen LogP contribution in [0.15, 0.2) is 46.0 Å². The average Bonchev–Trinajstić information content (AvgIpc) is 3.21. The van der Waals surface area contributed by atoms with E-state index < -0.39 is 5.76 Å². The highest BCUT2D eigenvalue weighted by atomic mass is 35.5. The molecule has 1 N–H and O–H groups in total. The summed E-state index contributed by atoms with van der Waals surface area (Å²) in [6, 6.07) is 8.57. The van der Waals surface area contributed by atoms with Gasteiger partial charge in [-0.2, -0.15) is 8.78 Å². The van der Waals surface area contributed by atoms with Crippen molar-refractivity contribution >= 4 is 57.6 Å². The summed E-state index contributed by atoms with van der Waals surface area (Å²) in [7, 11) is 0. The molecule has 0 aliphatic rings. The van der Waals surface area contributed by atoms with Crippen LogP contribution in [0.5, 0.6) is 0 Å². The van der Waals surface area contributed by atoms with Crippen LogP contribution in [0.4, 0.5) is 14.5 Å². The molecule has 0 aliphatic carbocycles. The van der Waals surface area contributed by atoms with Crippen molar-refractivity contribution < 1.29 is 13.6 Å². The minimum atomic E-state index is -2.62. The summed E-state index contributed by atoms with van der Waals surface area (Å²) in [5.74, 6) is -2.95. The molecule has 3 nitrogen and oxygen atoms in total. The Balaban J connectivity index is 1.70. The lowest BCUT2D eigenvalue weighted by atomic mass is 10.3. The van der Waals surface area contributed by atoms with E-state index in [9.17, 15) is 13.6 Å². The molecule has 25 heavy (non-hydrogen) atoms. The fourth-order valence-corrected chi connectivity index (χ4v) is 4.62. The number of carbonyl (C=O) groups excluding carboxylic acids is 1. The van der Waals surface area contributed by atoms with E-state index in [1.807, 2.05) is 22.9 Å². The van der Waals surface area contributed by atoms with E-state index in [0.29, 0.717) is 17.5 Å². The summed E-state index contributed by atoms with van der Waals surface area (Å²) in [6.45, 7) is 0. The second-order valence-corrected chi connectivity index (χ2v) is 8.05. The molecule has 2 aromatic heterocycles. The van der Waals surface area contributed by atoms with Crippen molar-refractivity contribution in [2.45, 2.75) is 17.1 Å². The number of alkyl halides is 2. The van der Waals surface area contributed by atoms with E-state index in [0.717, 1.165) is 9.88 Å². The van der Waals surface area contributed by atoms with Crippen LogP contribution in [0, 0.1) is 0 Å². The molecule has 0 fully saturated rings. The molecule has 0 saturated carbocycles. The van der Waals surface area contributed by atoms with Crippen LogP contribution in [-0.4, -0.2) is 16.6 Å². The lowest BCUT2D eigenvalue weighted by molar-refractivity contribution is -0.115. The van der Waals surface area contributed by atoms with Gasteiger partial charge >= 0.3 is 0 Å². The molecule has 1 aromatic carbocycles. The molecule has 0 spiro atoms. The third-order valence-electron chi connectivity index (χ3n) is 3.07. The van der Waals surface area contributed by atoms with Crippen LogP contribution in [-0.2, 0) is 11.2 Å². The van der Waals surface area contributed by atoms with E-state index in [-0.39, 0.29) is 27.9 Å². The van der Waals surface area contributed by atoms with Gasteiger partial charge in [-0.05, 0) is 23.6 Å². The number of thiazole rings is 1. The largest absolute Gasteiger partial charge is 0.325 e. The van der Waals surface area contributed by atoms with Crippen molar-refractivity contribution in [1.82, 2.24) is 4.98 Å². The number of hydrogen-bond acceptors (Lipinski definition) is 5. The van der Waals surface area contributed by atoms with E-state index in [4.69, 9.17) is 11.6 Å². The van der Waals surface area contributed by atoms with Crippen LogP contribution < -0.4 is 5.32 Å². The fraction of sp³-hybridized carbons (Fsp3) is 0.125. The Morgan fingerprint density at radius 2 is 2.12 bits per heavy atom. The minimum Gasteiger partial charge on any atom is -0.325 e. The van der Waals surface area contributed by atoms with Gasteiger partial charge in [0.05, 0.1) is 32.6 Å². The fourth-order valence-electron chi connectivity index (χ4n) is 2.08. The van der Waals surface area contributed by atoms with Gasteiger partial charge in [0.2, 0.25) is 5.91 Å². The number of rotatable bonds is 6. The number of amides is 1. The first-order chi connectivity index (χ1) is 12.0. The van der Waals surface area contributed by atoms with Crippen molar-refractivity contribution in [3.63, 3.8) is 0 Å². The Hall–Kier alpha value is -1.48. The number of thiophene rings is 1. The number of nitrogens with one attached hydrogen (secondary N) is 1. The summed E-state index contributed by atoms with van der Waals surface area (Å²) >= 11 is 9.32. The van der Waals surface area contributed by atoms with Crippen molar-refractivity contribution in [2.24, 2.45) is 0 Å². The van der Waals surface area contributed by atoms with Gasteiger partial charge < -0.3 is 5.32 Å². The highest BCUT2D eigenvalue weighted by molar-refractivity contribution is 7.99. The van der Waals surface area contributed by atoms with Crippen LogP contribution >= 0.6 is 46.0 Å². The topological polar surface area (TPSA) is 42.0 Å². The van der Waals surface area contributed by atoms with Crippen molar-refractivity contribution in [3.05, 3.63) is 51.8 Å². The van der Waals surface area contributed by atoms with Gasteiger partial charge in [0.15, 0.2) is 0 Å². The minimum absolute atomic E-state index is 0.0627. The molecule has 0 bridgehead atoms. The Labute approximate surface area is 160 Å². The first-order valence-corrected chi connectivity index (χ1v) is 10.1. The number of hydrogen-bond donors (Lipinski definition) is 1. The molecule has 0 aliphatic heterocycles. The SMILES string of the molecule is O=C(Cc1csc(-c2cccs2)n1)Nc1cccc(Cl)c1SC(F)F. The third kappa shape index (κ3) is 4.78. The van der Waals surface area contributed by atoms with Gasteiger partial charge in [0.1, 0.15) is 5.01 Å². The van der Waals surface area contributed by atoms with Crippen molar-refractivity contribution in [3.8, 4) is 9.88 Å². The van der Waals surface area contributed by atoms with Gasteiger partial charge in [-0.25, -0.2) is 4.98 Å². The number of thioether (sulfide) groups is 1. The van der Waals surface area contributed by atoms with Crippen LogP contribution in [0.2, 0.25) is 5.02 Å². The summed E-state index contributed by atoms with van der Waals surface area (Å²) < 4.78 is 25.4. The number of carbonyl (C=O) groups is 1. The molecular weight excluding hydrogens is 406 g/mol. The quantitative estimate of drug-likeness (QED) is 0.499. The number of nitrogens with zero attached hydrogens (tertiary/aromatic N) is 1. The molecule has 1 amide bonds. The molecule has 3 rings (SSSR count). The zero-order valence-electron chi connectivity index (χ0n) is 12.5. The van der Waals surface area contributed by atoms with Gasteiger partial charge in [-0.3, -0.25) is 4.79 Å². The smallest absolute Gasteiger partial charge is 0.289 e. The lowest BCUT2D eigenvalue weighted by Gasteiger charge is -2.11. The molecule has 0 unspecified atom stereocenters. The molecule has 2 heterocycles. The highest BCUT2D eigenvalue weighted by Crippen LogP contribution is 2.37. The number of halogens is 3.